The molecular formula is C22H21N3O3. The third-order valence-corrected chi connectivity index (χ3v) is 5.42. The zero-order chi connectivity index (χ0) is 19.1. The minimum Gasteiger partial charge on any atom is -0.485 e. The maximum Gasteiger partial charge on any atom is 0.267 e. The Labute approximate surface area is 163 Å². The Hall–Kier alpha value is -3.28. The molecule has 2 aliphatic heterocycles. The van der Waals surface area contributed by atoms with Crippen LogP contribution in [-0.4, -0.2) is 39.8 Å². The van der Waals surface area contributed by atoms with Gasteiger partial charge in [-0.1, -0.05) is 36.4 Å². The molecule has 0 unspecified atom stereocenters. The molecule has 0 saturated carbocycles. The monoisotopic (exact) mass is 375 g/mol. The average molecular weight is 375 g/mol. The van der Waals surface area contributed by atoms with Crippen LogP contribution in [0, 0.1) is 0 Å². The SMILES string of the molecule is Cn1cc([C@@H]2CN(C(=O)[C@@H]3COc4ccccc4O3)Cc3ccccc32)cn1. The summed E-state index contributed by atoms with van der Waals surface area (Å²) in [6.45, 7) is 1.40. The first-order chi connectivity index (χ1) is 13.7. The summed E-state index contributed by atoms with van der Waals surface area (Å²) in [5.74, 6) is 1.36. The molecular weight excluding hydrogens is 354 g/mol. The van der Waals surface area contributed by atoms with E-state index in [1.165, 1.54) is 5.56 Å². The highest BCUT2D eigenvalue weighted by atomic mass is 16.6. The van der Waals surface area contributed by atoms with Gasteiger partial charge in [0.05, 0.1) is 6.20 Å². The summed E-state index contributed by atoms with van der Waals surface area (Å²) < 4.78 is 13.5. The summed E-state index contributed by atoms with van der Waals surface area (Å²) >= 11 is 0. The molecule has 2 aliphatic rings. The Kier molecular flexibility index (Phi) is 4.04. The van der Waals surface area contributed by atoms with Gasteiger partial charge >= 0.3 is 0 Å². The highest BCUT2D eigenvalue weighted by Crippen LogP contribution is 2.35. The standard InChI is InChI=1S/C22H21N3O3/c1-24-11-16(10-23-24)18-13-25(12-15-6-2-3-7-17(15)18)22(26)21-14-27-19-8-4-5-9-20(19)28-21/h2-11,18,21H,12-14H2,1H3/t18-,21-/m0/s1. The molecule has 0 spiro atoms. The lowest BCUT2D eigenvalue weighted by molar-refractivity contribution is -0.142. The number of nitrogens with zero attached hydrogens (tertiary/aromatic N) is 3. The minimum atomic E-state index is -0.630. The molecule has 1 aromatic heterocycles. The van der Waals surface area contributed by atoms with Gasteiger partial charge in [-0.05, 0) is 28.8 Å². The van der Waals surface area contributed by atoms with Crippen LogP contribution in [0.3, 0.4) is 0 Å². The number of aromatic nitrogens is 2. The van der Waals surface area contributed by atoms with Crippen molar-refractivity contribution in [1.82, 2.24) is 14.7 Å². The third-order valence-electron chi connectivity index (χ3n) is 5.42. The number of para-hydroxylation sites is 2. The van der Waals surface area contributed by atoms with E-state index >= 15 is 0 Å². The van der Waals surface area contributed by atoms with Crippen LogP contribution in [0.15, 0.2) is 60.9 Å². The lowest BCUT2D eigenvalue weighted by Crippen LogP contribution is -2.48. The van der Waals surface area contributed by atoms with Crippen LogP contribution in [0.2, 0.25) is 0 Å². The fraction of sp³-hybridized carbons (Fsp3) is 0.273. The van der Waals surface area contributed by atoms with Crippen molar-refractivity contribution in [2.45, 2.75) is 18.6 Å². The van der Waals surface area contributed by atoms with E-state index in [1.807, 2.05) is 54.7 Å². The summed E-state index contributed by atoms with van der Waals surface area (Å²) in [7, 11) is 1.91. The molecule has 0 aliphatic carbocycles. The van der Waals surface area contributed by atoms with Gasteiger partial charge in [-0.2, -0.15) is 5.10 Å². The Morgan fingerprint density at radius 1 is 1.11 bits per heavy atom. The van der Waals surface area contributed by atoms with E-state index < -0.39 is 6.10 Å². The smallest absolute Gasteiger partial charge is 0.267 e. The summed E-state index contributed by atoms with van der Waals surface area (Å²) in [4.78, 5) is 15.1. The van der Waals surface area contributed by atoms with Crippen molar-refractivity contribution in [1.29, 1.82) is 0 Å². The topological polar surface area (TPSA) is 56.6 Å². The second-order valence-electron chi connectivity index (χ2n) is 7.28. The molecule has 6 nitrogen and oxygen atoms in total. The number of fused-ring (bicyclic) bond motifs is 2. The van der Waals surface area contributed by atoms with Crippen LogP contribution in [-0.2, 0) is 18.4 Å². The average Bonchev–Trinajstić information content (AvgIpc) is 3.18. The first kappa shape index (κ1) is 16.9. The van der Waals surface area contributed by atoms with Gasteiger partial charge in [-0.15, -0.1) is 0 Å². The Balaban J connectivity index is 1.42. The second-order valence-corrected chi connectivity index (χ2v) is 7.28. The lowest BCUT2D eigenvalue weighted by Gasteiger charge is -2.37. The minimum absolute atomic E-state index is 0.0436. The highest BCUT2D eigenvalue weighted by Gasteiger charge is 2.36. The summed E-state index contributed by atoms with van der Waals surface area (Å²) in [6, 6.07) is 15.8. The van der Waals surface area contributed by atoms with Crippen LogP contribution in [0.5, 0.6) is 11.5 Å². The van der Waals surface area contributed by atoms with E-state index in [2.05, 4.69) is 23.3 Å². The molecule has 5 rings (SSSR count). The number of benzene rings is 2. The number of hydrogen-bond acceptors (Lipinski definition) is 4. The summed E-state index contributed by atoms with van der Waals surface area (Å²) in [5.41, 5.74) is 3.53. The third kappa shape index (κ3) is 2.91. The van der Waals surface area contributed by atoms with Gasteiger partial charge in [0.1, 0.15) is 6.61 Å². The van der Waals surface area contributed by atoms with Crippen LogP contribution in [0.25, 0.3) is 0 Å². The van der Waals surface area contributed by atoms with Gasteiger partial charge in [0.25, 0.3) is 5.91 Å². The molecule has 1 amide bonds. The van der Waals surface area contributed by atoms with Gasteiger partial charge in [-0.3, -0.25) is 9.48 Å². The molecule has 0 bridgehead atoms. The molecule has 3 heterocycles. The molecule has 28 heavy (non-hydrogen) atoms. The highest BCUT2D eigenvalue weighted by molar-refractivity contribution is 5.82. The number of aryl methyl sites for hydroxylation is 1. The Morgan fingerprint density at radius 2 is 1.89 bits per heavy atom. The van der Waals surface area contributed by atoms with Crippen LogP contribution >= 0.6 is 0 Å². The largest absolute Gasteiger partial charge is 0.485 e. The van der Waals surface area contributed by atoms with Crippen molar-refractivity contribution < 1.29 is 14.3 Å². The molecule has 142 valence electrons. The fourth-order valence-electron chi connectivity index (χ4n) is 4.02. The summed E-state index contributed by atoms with van der Waals surface area (Å²) in [6.07, 6.45) is 3.27. The maximum absolute atomic E-state index is 13.3. The van der Waals surface area contributed by atoms with Gasteiger partial charge in [0.2, 0.25) is 6.10 Å². The predicted molar refractivity (Wildman–Crippen MR) is 103 cm³/mol. The van der Waals surface area contributed by atoms with E-state index in [0.29, 0.717) is 24.6 Å². The molecule has 3 aromatic rings. The maximum atomic E-state index is 13.3. The number of hydrogen-bond donors (Lipinski definition) is 0. The number of rotatable bonds is 2. The quantitative estimate of drug-likeness (QED) is 0.691. The molecule has 6 heteroatoms. The molecule has 2 aromatic carbocycles. The van der Waals surface area contributed by atoms with E-state index in [1.54, 1.807) is 4.68 Å². The number of carbonyl (C=O) groups excluding carboxylic acids is 1. The van der Waals surface area contributed by atoms with Crippen molar-refractivity contribution >= 4 is 5.91 Å². The first-order valence-corrected chi connectivity index (χ1v) is 9.42. The lowest BCUT2D eigenvalue weighted by atomic mass is 9.86. The van der Waals surface area contributed by atoms with Crippen LogP contribution < -0.4 is 9.47 Å². The van der Waals surface area contributed by atoms with Gasteiger partial charge in [0.15, 0.2) is 11.5 Å². The van der Waals surface area contributed by atoms with Crippen molar-refractivity contribution in [2.24, 2.45) is 7.05 Å². The normalized spacial score (nSPS) is 20.5. The molecule has 0 saturated heterocycles. The van der Waals surface area contributed by atoms with Gasteiger partial charge in [-0.25, -0.2) is 0 Å². The van der Waals surface area contributed by atoms with E-state index in [9.17, 15) is 4.79 Å². The fourth-order valence-corrected chi connectivity index (χ4v) is 4.02. The Morgan fingerprint density at radius 3 is 2.71 bits per heavy atom. The van der Waals surface area contributed by atoms with Crippen molar-refractivity contribution in [3.63, 3.8) is 0 Å². The summed E-state index contributed by atoms with van der Waals surface area (Å²) in [5, 5.41) is 4.32. The predicted octanol–water partition coefficient (Wildman–Crippen LogP) is 2.73. The number of ether oxygens (including phenoxy) is 2. The zero-order valence-electron chi connectivity index (χ0n) is 15.6. The second kappa shape index (κ2) is 6.71. The van der Waals surface area contributed by atoms with Crippen molar-refractivity contribution in [2.75, 3.05) is 13.2 Å². The number of amides is 1. The van der Waals surface area contributed by atoms with Gasteiger partial charge in [0, 0.05) is 32.3 Å². The molecule has 2 atom stereocenters. The van der Waals surface area contributed by atoms with Gasteiger partial charge < -0.3 is 14.4 Å². The Bertz CT molecular complexity index is 1030. The van der Waals surface area contributed by atoms with Crippen LogP contribution in [0.4, 0.5) is 0 Å². The van der Waals surface area contributed by atoms with E-state index in [4.69, 9.17) is 9.47 Å². The molecule has 0 radical (unpaired) electrons. The molecule has 0 fully saturated rings. The van der Waals surface area contributed by atoms with E-state index in [-0.39, 0.29) is 18.4 Å². The first-order valence-electron chi connectivity index (χ1n) is 9.42. The number of carbonyl (C=O) groups is 1. The van der Waals surface area contributed by atoms with Crippen molar-refractivity contribution in [3.05, 3.63) is 77.6 Å². The zero-order valence-corrected chi connectivity index (χ0v) is 15.6. The van der Waals surface area contributed by atoms with Crippen molar-refractivity contribution in [3.8, 4) is 11.5 Å². The van der Waals surface area contributed by atoms with E-state index in [0.717, 1.165) is 11.1 Å². The molecule has 0 N–H and O–H groups in total. The van der Waals surface area contributed by atoms with Crippen LogP contribution in [0.1, 0.15) is 22.6 Å².